The molecule has 1 fully saturated rings. The Morgan fingerprint density at radius 1 is 1.38 bits per heavy atom. The molecule has 2 unspecified atom stereocenters. The Hall–Kier alpha value is -1.40. The average Bonchev–Trinajstić information content (AvgIpc) is 3.16. The molecule has 3 heterocycles. The van der Waals surface area contributed by atoms with E-state index in [0.717, 1.165) is 36.1 Å². The largest absolute Gasteiger partial charge is 0.454 e. The van der Waals surface area contributed by atoms with Gasteiger partial charge in [0.1, 0.15) is 0 Å². The van der Waals surface area contributed by atoms with Crippen molar-refractivity contribution < 1.29 is 14.3 Å². The van der Waals surface area contributed by atoms with Crippen molar-refractivity contribution >= 4 is 17.7 Å². The first-order chi connectivity index (χ1) is 10.2. The van der Waals surface area contributed by atoms with Crippen molar-refractivity contribution in [2.24, 2.45) is 0 Å². The summed E-state index contributed by atoms with van der Waals surface area (Å²) in [5.74, 6) is 3.58. The van der Waals surface area contributed by atoms with Gasteiger partial charge in [0, 0.05) is 18.2 Å². The first-order valence-electron chi connectivity index (χ1n) is 7.28. The Balaban J connectivity index is 1.62. The number of hydrogen-bond donors (Lipinski definition) is 1. The van der Waals surface area contributed by atoms with Gasteiger partial charge in [0.2, 0.25) is 12.7 Å². The quantitative estimate of drug-likeness (QED) is 0.852. The molecule has 3 aliphatic rings. The van der Waals surface area contributed by atoms with Crippen LogP contribution in [0.5, 0.6) is 11.5 Å². The second-order valence-corrected chi connectivity index (χ2v) is 6.66. The molecule has 21 heavy (non-hydrogen) atoms. The molecule has 0 spiro atoms. The molecule has 1 aromatic carbocycles. The van der Waals surface area contributed by atoms with E-state index in [9.17, 15) is 4.79 Å². The minimum absolute atomic E-state index is 0.0342. The van der Waals surface area contributed by atoms with Gasteiger partial charge in [-0.3, -0.25) is 10.1 Å². The Kier molecular flexibility index (Phi) is 3.23. The molecule has 1 saturated heterocycles. The summed E-state index contributed by atoms with van der Waals surface area (Å²) in [4.78, 5) is 14.6. The summed E-state index contributed by atoms with van der Waals surface area (Å²) in [5, 5.41) is 3.27. The molecule has 0 saturated carbocycles. The third-order valence-corrected chi connectivity index (χ3v) is 5.41. The van der Waals surface area contributed by atoms with Gasteiger partial charge in [-0.05, 0) is 36.6 Å². The molecule has 0 aliphatic carbocycles. The number of rotatable bonds is 1. The van der Waals surface area contributed by atoms with Gasteiger partial charge in [-0.15, -0.1) is 11.8 Å². The molecule has 0 radical (unpaired) electrons. The summed E-state index contributed by atoms with van der Waals surface area (Å²) < 4.78 is 10.9. The van der Waals surface area contributed by atoms with Crippen LogP contribution in [-0.2, 0) is 11.2 Å². The van der Waals surface area contributed by atoms with Crippen molar-refractivity contribution in [3.8, 4) is 11.5 Å². The highest BCUT2D eigenvalue weighted by atomic mass is 32.2. The fraction of sp³-hybridized carbons (Fsp3) is 0.533. The number of carbonyl (C=O) groups is 1. The molecule has 0 aromatic heterocycles. The van der Waals surface area contributed by atoms with Crippen molar-refractivity contribution in [1.29, 1.82) is 0 Å². The fourth-order valence-electron chi connectivity index (χ4n) is 3.26. The van der Waals surface area contributed by atoms with Crippen LogP contribution in [0.15, 0.2) is 12.1 Å². The van der Waals surface area contributed by atoms with E-state index in [1.807, 2.05) is 11.0 Å². The van der Waals surface area contributed by atoms with Crippen molar-refractivity contribution in [3.05, 3.63) is 23.3 Å². The van der Waals surface area contributed by atoms with Gasteiger partial charge in [-0.25, -0.2) is 0 Å². The third kappa shape index (κ3) is 2.17. The highest BCUT2D eigenvalue weighted by Crippen LogP contribution is 2.40. The number of ether oxygens (including phenoxy) is 2. The number of amides is 1. The summed E-state index contributed by atoms with van der Waals surface area (Å²) in [6.45, 7) is 3.16. The third-order valence-electron chi connectivity index (χ3n) is 4.47. The predicted molar refractivity (Wildman–Crippen MR) is 80.6 cm³/mol. The normalized spacial score (nSPS) is 26.8. The van der Waals surface area contributed by atoms with Crippen molar-refractivity contribution in [2.75, 3.05) is 25.0 Å². The number of thioether (sulfide) groups is 1. The van der Waals surface area contributed by atoms with E-state index in [0.29, 0.717) is 6.79 Å². The maximum Gasteiger partial charge on any atom is 0.241 e. The van der Waals surface area contributed by atoms with E-state index < -0.39 is 0 Å². The SMILES string of the molecule is CC1c2cc3c(cc2CCN1C(=O)C1CSCN1)OCO3. The zero-order valence-electron chi connectivity index (χ0n) is 11.9. The highest BCUT2D eigenvalue weighted by molar-refractivity contribution is 7.99. The van der Waals surface area contributed by atoms with E-state index in [4.69, 9.17) is 9.47 Å². The van der Waals surface area contributed by atoms with Gasteiger partial charge in [-0.1, -0.05) is 0 Å². The van der Waals surface area contributed by atoms with Crippen LogP contribution in [0, 0.1) is 0 Å². The minimum Gasteiger partial charge on any atom is -0.454 e. The van der Waals surface area contributed by atoms with Crippen LogP contribution < -0.4 is 14.8 Å². The molecule has 112 valence electrons. The van der Waals surface area contributed by atoms with Crippen molar-refractivity contribution in [3.63, 3.8) is 0 Å². The van der Waals surface area contributed by atoms with Crippen LogP contribution in [0.1, 0.15) is 24.1 Å². The number of carbonyl (C=O) groups excluding carboxylic acids is 1. The smallest absolute Gasteiger partial charge is 0.241 e. The van der Waals surface area contributed by atoms with Crippen LogP contribution in [0.2, 0.25) is 0 Å². The number of hydrogen-bond acceptors (Lipinski definition) is 5. The standard InChI is InChI=1S/C15H18N2O3S/c1-9-11-5-14-13(19-8-20-14)4-10(11)2-3-17(9)15(18)12-6-21-7-16-12/h4-5,9,12,16H,2-3,6-8H2,1H3. The Bertz CT molecular complexity index is 587. The molecule has 3 aliphatic heterocycles. The van der Waals surface area contributed by atoms with Crippen molar-refractivity contribution in [1.82, 2.24) is 10.2 Å². The molecule has 6 heteroatoms. The van der Waals surface area contributed by atoms with Gasteiger partial charge in [-0.2, -0.15) is 0 Å². The van der Waals surface area contributed by atoms with Gasteiger partial charge in [0.05, 0.1) is 12.1 Å². The summed E-state index contributed by atoms with van der Waals surface area (Å²) in [7, 11) is 0. The van der Waals surface area contributed by atoms with E-state index in [2.05, 4.69) is 18.3 Å². The molecule has 5 nitrogen and oxygen atoms in total. The van der Waals surface area contributed by atoms with E-state index in [1.165, 1.54) is 11.1 Å². The minimum atomic E-state index is -0.0342. The van der Waals surface area contributed by atoms with Gasteiger partial charge in [0.25, 0.3) is 0 Å². The monoisotopic (exact) mass is 306 g/mol. The zero-order chi connectivity index (χ0) is 14.4. The maximum absolute atomic E-state index is 12.6. The van der Waals surface area contributed by atoms with Crippen LogP contribution in [0.4, 0.5) is 0 Å². The Morgan fingerprint density at radius 3 is 2.95 bits per heavy atom. The lowest BCUT2D eigenvalue weighted by molar-refractivity contribution is -0.135. The summed E-state index contributed by atoms with van der Waals surface area (Å²) in [5.41, 5.74) is 2.45. The van der Waals surface area contributed by atoms with Gasteiger partial charge >= 0.3 is 0 Å². The Labute approximate surface area is 128 Å². The van der Waals surface area contributed by atoms with Crippen LogP contribution in [-0.4, -0.2) is 41.8 Å². The number of nitrogens with one attached hydrogen (secondary N) is 1. The predicted octanol–water partition coefficient (Wildman–Crippen LogP) is 1.52. The molecule has 1 amide bonds. The average molecular weight is 306 g/mol. The molecule has 0 bridgehead atoms. The summed E-state index contributed by atoms with van der Waals surface area (Å²) >= 11 is 1.78. The first-order valence-corrected chi connectivity index (χ1v) is 8.43. The Morgan fingerprint density at radius 2 is 2.19 bits per heavy atom. The summed E-state index contributed by atoms with van der Waals surface area (Å²) in [6.07, 6.45) is 0.877. The number of nitrogens with zero attached hydrogens (tertiary/aromatic N) is 1. The van der Waals surface area contributed by atoms with E-state index in [1.54, 1.807) is 11.8 Å². The lowest BCUT2D eigenvalue weighted by Crippen LogP contribution is -2.48. The number of benzene rings is 1. The zero-order valence-corrected chi connectivity index (χ0v) is 12.7. The molecule has 1 N–H and O–H groups in total. The number of fused-ring (bicyclic) bond motifs is 2. The molecule has 2 atom stereocenters. The topological polar surface area (TPSA) is 50.8 Å². The van der Waals surface area contributed by atoms with Crippen molar-refractivity contribution in [2.45, 2.75) is 25.4 Å². The lowest BCUT2D eigenvalue weighted by atomic mass is 9.92. The molecule has 4 rings (SSSR count). The second-order valence-electron chi connectivity index (χ2n) is 5.63. The summed E-state index contributed by atoms with van der Waals surface area (Å²) in [6, 6.07) is 4.16. The molecule has 1 aromatic rings. The second kappa shape index (κ2) is 5.10. The van der Waals surface area contributed by atoms with E-state index >= 15 is 0 Å². The molecular weight excluding hydrogens is 288 g/mol. The lowest BCUT2D eigenvalue weighted by Gasteiger charge is -2.36. The van der Waals surface area contributed by atoms with E-state index in [-0.39, 0.29) is 18.0 Å². The maximum atomic E-state index is 12.6. The van der Waals surface area contributed by atoms with Gasteiger partial charge < -0.3 is 14.4 Å². The van der Waals surface area contributed by atoms with Crippen LogP contribution in [0.3, 0.4) is 0 Å². The van der Waals surface area contributed by atoms with Crippen LogP contribution in [0.25, 0.3) is 0 Å². The fourth-order valence-corrected chi connectivity index (χ4v) is 4.20. The highest BCUT2D eigenvalue weighted by Gasteiger charge is 2.34. The first kappa shape index (κ1) is 13.3. The van der Waals surface area contributed by atoms with Gasteiger partial charge in [0.15, 0.2) is 11.5 Å². The van der Waals surface area contributed by atoms with Crippen LogP contribution >= 0.6 is 11.8 Å². The molecular formula is C15H18N2O3S.